The number of para-hydroxylation sites is 1. The number of hydrogen-bond donors (Lipinski definition) is 1. The van der Waals surface area contributed by atoms with Gasteiger partial charge in [-0.3, -0.25) is 4.98 Å². The van der Waals surface area contributed by atoms with Crippen LogP contribution in [0.2, 0.25) is 0 Å². The lowest BCUT2D eigenvalue weighted by atomic mass is 10.2. The molecule has 0 amide bonds. The molecule has 2 heterocycles. The third-order valence-corrected chi connectivity index (χ3v) is 3.12. The molecular formula is C16H16N2O. The molecule has 1 aromatic carbocycles. The summed E-state index contributed by atoms with van der Waals surface area (Å²) in [5.74, 6) is 0.982. The molecule has 0 aliphatic rings. The fraction of sp³-hybridized carbons (Fsp3) is 0.188. The van der Waals surface area contributed by atoms with E-state index in [9.17, 15) is 0 Å². The lowest BCUT2D eigenvalue weighted by molar-refractivity contribution is 0.515. The zero-order chi connectivity index (χ0) is 12.9. The zero-order valence-electron chi connectivity index (χ0n) is 10.7. The highest BCUT2D eigenvalue weighted by Gasteiger charge is 2.02. The zero-order valence-corrected chi connectivity index (χ0v) is 10.7. The Labute approximate surface area is 112 Å². The van der Waals surface area contributed by atoms with Crippen LogP contribution in [0.5, 0.6) is 0 Å². The molecule has 3 nitrogen and oxygen atoms in total. The second kappa shape index (κ2) is 5.67. The highest BCUT2D eigenvalue weighted by molar-refractivity contribution is 5.77. The molecular weight excluding hydrogens is 236 g/mol. The fourth-order valence-corrected chi connectivity index (χ4v) is 2.12. The van der Waals surface area contributed by atoms with E-state index in [2.05, 4.69) is 22.4 Å². The summed E-state index contributed by atoms with van der Waals surface area (Å²) in [4.78, 5) is 4.01. The summed E-state index contributed by atoms with van der Waals surface area (Å²) in [7, 11) is 0. The number of nitrogens with one attached hydrogen (secondary N) is 1. The van der Waals surface area contributed by atoms with Crippen molar-refractivity contribution < 1.29 is 4.42 Å². The highest BCUT2D eigenvalue weighted by atomic mass is 16.3. The molecule has 0 saturated carbocycles. The van der Waals surface area contributed by atoms with Crippen molar-refractivity contribution in [2.75, 3.05) is 6.54 Å². The average Bonchev–Trinajstić information content (AvgIpc) is 2.87. The van der Waals surface area contributed by atoms with Crippen LogP contribution in [-0.4, -0.2) is 11.5 Å². The molecule has 0 fully saturated rings. The number of hydrogen-bond acceptors (Lipinski definition) is 3. The summed E-state index contributed by atoms with van der Waals surface area (Å²) in [6, 6.07) is 14.3. The van der Waals surface area contributed by atoms with Crippen LogP contribution in [0.25, 0.3) is 11.0 Å². The maximum Gasteiger partial charge on any atom is 0.134 e. The Kier molecular flexibility index (Phi) is 3.56. The molecule has 2 aromatic heterocycles. The van der Waals surface area contributed by atoms with Crippen molar-refractivity contribution in [1.82, 2.24) is 10.3 Å². The molecule has 0 aliphatic carbocycles. The van der Waals surface area contributed by atoms with Crippen molar-refractivity contribution in [1.29, 1.82) is 0 Å². The van der Waals surface area contributed by atoms with Crippen LogP contribution in [0.3, 0.4) is 0 Å². The molecule has 3 rings (SSSR count). The molecule has 0 unspecified atom stereocenters. The molecule has 96 valence electrons. The Morgan fingerprint density at radius 3 is 2.74 bits per heavy atom. The van der Waals surface area contributed by atoms with E-state index in [0.717, 1.165) is 36.2 Å². The number of benzene rings is 1. The fourth-order valence-electron chi connectivity index (χ4n) is 2.12. The molecule has 0 spiro atoms. The maximum absolute atomic E-state index is 5.75. The van der Waals surface area contributed by atoms with Crippen LogP contribution in [0, 0.1) is 0 Å². The topological polar surface area (TPSA) is 38.1 Å². The van der Waals surface area contributed by atoms with Crippen molar-refractivity contribution in [3.63, 3.8) is 0 Å². The van der Waals surface area contributed by atoms with Crippen LogP contribution < -0.4 is 5.32 Å². The number of aromatic nitrogens is 1. The van der Waals surface area contributed by atoms with E-state index in [1.165, 1.54) is 5.56 Å². The van der Waals surface area contributed by atoms with Crippen LogP contribution in [0.4, 0.5) is 0 Å². The minimum Gasteiger partial charge on any atom is -0.460 e. The van der Waals surface area contributed by atoms with E-state index in [1.54, 1.807) is 0 Å². The minimum absolute atomic E-state index is 0.764. The molecule has 3 heteroatoms. The van der Waals surface area contributed by atoms with Crippen molar-refractivity contribution in [3.05, 3.63) is 66.2 Å². The first-order valence-electron chi connectivity index (χ1n) is 6.49. The van der Waals surface area contributed by atoms with Gasteiger partial charge in [0.1, 0.15) is 11.3 Å². The van der Waals surface area contributed by atoms with Gasteiger partial charge in [0, 0.05) is 17.8 Å². The number of pyridine rings is 1. The summed E-state index contributed by atoms with van der Waals surface area (Å²) in [5.41, 5.74) is 2.25. The first kappa shape index (κ1) is 11.9. The first-order valence-corrected chi connectivity index (χ1v) is 6.49. The van der Waals surface area contributed by atoms with E-state index in [0.29, 0.717) is 0 Å². The van der Waals surface area contributed by atoms with Crippen molar-refractivity contribution in [2.45, 2.75) is 13.0 Å². The van der Waals surface area contributed by atoms with E-state index in [-0.39, 0.29) is 0 Å². The van der Waals surface area contributed by atoms with Gasteiger partial charge in [-0.25, -0.2) is 0 Å². The lowest BCUT2D eigenvalue weighted by Crippen LogP contribution is -2.16. The molecule has 0 radical (unpaired) electrons. The van der Waals surface area contributed by atoms with E-state index >= 15 is 0 Å². The summed E-state index contributed by atoms with van der Waals surface area (Å²) < 4.78 is 5.75. The summed E-state index contributed by atoms with van der Waals surface area (Å²) in [6.07, 6.45) is 4.66. The maximum atomic E-state index is 5.75. The second-order valence-electron chi connectivity index (χ2n) is 4.53. The molecule has 0 aliphatic heterocycles. The monoisotopic (exact) mass is 252 g/mol. The van der Waals surface area contributed by atoms with Gasteiger partial charge in [-0.15, -0.1) is 0 Å². The van der Waals surface area contributed by atoms with Crippen LogP contribution >= 0.6 is 0 Å². The molecule has 1 N–H and O–H groups in total. The van der Waals surface area contributed by atoms with Crippen molar-refractivity contribution in [3.8, 4) is 0 Å². The molecule has 19 heavy (non-hydrogen) atoms. The predicted molar refractivity (Wildman–Crippen MR) is 75.9 cm³/mol. The first-order chi connectivity index (χ1) is 9.42. The standard InChI is InChI=1S/C16H16N2O/c1-2-4-16-14(3-1)11-15(19-16)12-18-10-7-13-5-8-17-9-6-13/h1-6,8-9,11,18H,7,10,12H2. The smallest absolute Gasteiger partial charge is 0.134 e. The van der Waals surface area contributed by atoms with Gasteiger partial charge in [0.25, 0.3) is 0 Å². The van der Waals surface area contributed by atoms with Gasteiger partial charge in [0.05, 0.1) is 6.54 Å². The SMILES string of the molecule is c1ccc2oc(CNCCc3ccncc3)cc2c1. The third kappa shape index (κ3) is 3.01. The third-order valence-electron chi connectivity index (χ3n) is 3.12. The van der Waals surface area contributed by atoms with E-state index in [4.69, 9.17) is 4.42 Å². The molecule has 0 atom stereocenters. The minimum atomic E-state index is 0.764. The number of fused-ring (bicyclic) bond motifs is 1. The quantitative estimate of drug-likeness (QED) is 0.709. The van der Waals surface area contributed by atoms with Crippen LogP contribution in [0.15, 0.2) is 59.3 Å². The lowest BCUT2D eigenvalue weighted by Gasteiger charge is -2.02. The van der Waals surface area contributed by atoms with Crippen LogP contribution in [-0.2, 0) is 13.0 Å². The van der Waals surface area contributed by atoms with Crippen molar-refractivity contribution >= 4 is 11.0 Å². The second-order valence-corrected chi connectivity index (χ2v) is 4.53. The van der Waals surface area contributed by atoms with Crippen molar-refractivity contribution in [2.24, 2.45) is 0 Å². The number of nitrogens with zero attached hydrogens (tertiary/aromatic N) is 1. The van der Waals surface area contributed by atoms with Gasteiger partial charge < -0.3 is 9.73 Å². The van der Waals surface area contributed by atoms with Gasteiger partial charge in [0.15, 0.2) is 0 Å². The van der Waals surface area contributed by atoms with E-state index < -0.39 is 0 Å². The van der Waals surface area contributed by atoms with Gasteiger partial charge in [-0.1, -0.05) is 18.2 Å². The summed E-state index contributed by atoms with van der Waals surface area (Å²) >= 11 is 0. The van der Waals surface area contributed by atoms with E-state index in [1.807, 2.05) is 42.7 Å². The Bertz CT molecular complexity index is 613. The average molecular weight is 252 g/mol. The van der Waals surface area contributed by atoms with Crippen LogP contribution in [0.1, 0.15) is 11.3 Å². The molecule has 3 aromatic rings. The van der Waals surface area contributed by atoms with Gasteiger partial charge in [0.2, 0.25) is 0 Å². The summed E-state index contributed by atoms with van der Waals surface area (Å²) in [6.45, 7) is 1.70. The number of furan rings is 1. The summed E-state index contributed by atoms with van der Waals surface area (Å²) in [5, 5.41) is 4.56. The largest absolute Gasteiger partial charge is 0.460 e. The Hall–Kier alpha value is -2.13. The molecule has 0 bridgehead atoms. The predicted octanol–water partition coefficient (Wildman–Crippen LogP) is 3.16. The number of rotatable bonds is 5. The molecule has 0 saturated heterocycles. The highest BCUT2D eigenvalue weighted by Crippen LogP contribution is 2.18. The van der Waals surface area contributed by atoms with Gasteiger partial charge >= 0.3 is 0 Å². The van der Waals surface area contributed by atoms with Gasteiger partial charge in [-0.2, -0.15) is 0 Å². The Morgan fingerprint density at radius 2 is 1.89 bits per heavy atom. The normalized spacial score (nSPS) is 10.9. The Morgan fingerprint density at radius 1 is 1.05 bits per heavy atom. The Balaban J connectivity index is 1.52. The van der Waals surface area contributed by atoms with Gasteiger partial charge in [-0.05, 0) is 42.8 Å².